The van der Waals surface area contributed by atoms with Crippen LogP contribution in [0.1, 0.15) is 17.7 Å². The van der Waals surface area contributed by atoms with Gasteiger partial charge in [-0.1, -0.05) is 30.3 Å². The lowest BCUT2D eigenvalue weighted by atomic mass is 10.2. The van der Waals surface area contributed by atoms with Gasteiger partial charge in [0.15, 0.2) is 4.67 Å². The molecule has 0 unspecified atom stereocenters. The Labute approximate surface area is 143 Å². The van der Waals surface area contributed by atoms with Crippen molar-refractivity contribution in [3.8, 4) is 0 Å². The quantitative estimate of drug-likeness (QED) is 0.647. The number of rotatable bonds is 8. The van der Waals surface area contributed by atoms with Gasteiger partial charge < -0.3 is 14.6 Å². The average molecular weight is 416 g/mol. The minimum absolute atomic E-state index is 0.752. The Hall–Kier alpha value is -0.620. The molecule has 2 rings (SSSR count). The summed E-state index contributed by atoms with van der Waals surface area (Å²) in [5, 5.41) is 3.40. The van der Waals surface area contributed by atoms with Crippen LogP contribution in [0.15, 0.2) is 50.0 Å². The van der Waals surface area contributed by atoms with Gasteiger partial charge >= 0.3 is 0 Å². The number of hydrogen-bond acceptors (Lipinski definition) is 3. The van der Waals surface area contributed by atoms with Gasteiger partial charge in [0.25, 0.3) is 0 Å². The van der Waals surface area contributed by atoms with Gasteiger partial charge in [-0.2, -0.15) is 0 Å². The topological polar surface area (TPSA) is 28.4 Å². The van der Waals surface area contributed by atoms with Crippen molar-refractivity contribution < 1.29 is 4.42 Å². The van der Waals surface area contributed by atoms with Gasteiger partial charge in [-0.05, 0) is 70.0 Å². The molecule has 0 spiro atoms. The standard InChI is InChI=1S/C16H20Br2N2O/c1-20(12-13-6-3-2-4-7-13)9-5-8-19-11-14-10-15(17)16(18)21-14/h2-4,6-7,10,19H,5,8-9,11-12H2,1H3. The van der Waals surface area contributed by atoms with Crippen LogP contribution in [0.5, 0.6) is 0 Å². The fourth-order valence-electron chi connectivity index (χ4n) is 2.14. The molecule has 0 saturated carbocycles. The Morgan fingerprint density at radius 3 is 2.62 bits per heavy atom. The minimum atomic E-state index is 0.752. The summed E-state index contributed by atoms with van der Waals surface area (Å²) in [5.41, 5.74) is 1.36. The van der Waals surface area contributed by atoms with Gasteiger partial charge in [0, 0.05) is 6.54 Å². The third kappa shape index (κ3) is 5.94. The van der Waals surface area contributed by atoms with Crippen molar-refractivity contribution in [1.29, 1.82) is 0 Å². The van der Waals surface area contributed by atoms with Crippen molar-refractivity contribution in [2.45, 2.75) is 19.5 Å². The molecule has 0 fully saturated rings. The van der Waals surface area contributed by atoms with E-state index in [4.69, 9.17) is 4.42 Å². The summed E-state index contributed by atoms with van der Waals surface area (Å²) >= 11 is 6.76. The van der Waals surface area contributed by atoms with Crippen molar-refractivity contribution in [3.63, 3.8) is 0 Å². The largest absolute Gasteiger partial charge is 0.452 e. The summed E-state index contributed by atoms with van der Waals surface area (Å²) in [5.74, 6) is 0.936. The van der Waals surface area contributed by atoms with E-state index in [-0.39, 0.29) is 0 Å². The van der Waals surface area contributed by atoms with E-state index in [1.807, 2.05) is 6.07 Å². The summed E-state index contributed by atoms with van der Waals surface area (Å²) in [6.07, 6.45) is 1.12. The van der Waals surface area contributed by atoms with Crippen LogP contribution < -0.4 is 5.32 Å². The normalized spacial score (nSPS) is 11.2. The fraction of sp³-hybridized carbons (Fsp3) is 0.375. The molecule has 1 aromatic carbocycles. The second-order valence-electron chi connectivity index (χ2n) is 5.09. The van der Waals surface area contributed by atoms with Gasteiger partial charge in [-0.3, -0.25) is 0 Å². The third-order valence-corrected chi connectivity index (χ3v) is 4.89. The van der Waals surface area contributed by atoms with Gasteiger partial charge in [0.1, 0.15) is 5.76 Å². The van der Waals surface area contributed by atoms with Crippen molar-refractivity contribution in [2.75, 3.05) is 20.1 Å². The first kappa shape index (κ1) is 16.7. The fourth-order valence-corrected chi connectivity index (χ4v) is 2.80. The molecule has 21 heavy (non-hydrogen) atoms. The van der Waals surface area contributed by atoms with E-state index in [0.29, 0.717) is 0 Å². The van der Waals surface area contributed by atoms with Crippen molar-refractivity contribution in [2.24, 2.45) is 0 Å². The van der Waals surface area contributed by atoms with Gasteiger partial charge in [-0.25, -0.2) is 0 Å². The van der Waals surface area contributed by atoms with E-state index in [0.717, 1.165) is 47.5 Å². The molecule has 0 aliphatic carbocycles. The number of hydrogen-bond donors (Lipinski definition) is 1. The molecule has 0 aliphatic rings. The van der Waals surface area contributed by atoms with Gasteiger partial charge in [0.05, 0.1) is 11.0 Å². The highest BCUT2D eigenvalue weighted by atomic mass is 79.9. The maximum atomic E-state index is 5.52. The molecule has 0 amide bonds. The van der Waals surface area contributed by atoms with Gasteiger partial charge in [-0.15, -0.1) is 0 Å². The van der Waals surface area contributed by atoms with Crippen LogP contribution in [-0.4, -0.2) is 25.0 Å². The lowest BCUT2D eigenvalue weighted by Gasteiger charge is -2.16. The molecule has 5 heteroatoms. The predicted octanol–water partition coefficient (Wildman–Crippen LogP) is 4.42. The molecule has 0 bridgehead atoms. The summed E-state index contributed by atoms with van der Waals surface area (Å²) in [4.78, 5) is 2.34. The molecule has 0 aliphatic heterocycles. The SMILES string of the molecule is CN(CCCNCc1cc(Br)c(Br)o1)Cc1ccccc1. The first-order chi connectivity index (χ1) is 10.1. The number of halogens is 2. The molecule has 114 valence electrons. The maximum Gasteiger partial charge on any atom is 0.183 e. The van der Waals surface area contributed by atoms with Crippen LogP contribution in [0, 0.1) is 0 Å². The van der Waals surface area contributed by atoms with Crippen LogP contribution in [0.2, 0.25) is 0 Å². The first-order valence-corrected chi connectivity index (χ1v) is 8.60. The lowest BCUT2D eigenvalue weighted by molar-refractivity contribution is 0.318. The Morgan fingerprint density at radius 2 is 1.95 bits per heavy atom. The Kier molecular flexibility index (Phi) is 6.96. The number of nitrogens with one attached hydrogen (secondary N) is 1. The van der Waals surface area contributed by atoms with Crippen LogP contribution in [0.3, 0.4) is 0 Å². The zero-order valence-electron chi connectivity index (χ0n) is 12.1. The van der Waals surface area contributed by atoms with Crippen molar-refractivity contribution in [1.82, 2.24) is 10.2 Å². The molecule has 1 aromatic heterocycles. The number of nitrogens with zero attached hydrogens (tertiary/aromatic N) is 1. The van der Waals surface area contributed by atoms with Gasteiger partial charge in [0.2, 0.25) is 0 Å². The maximum absolute atomic E-state index is 5.52. The summed E-state index contributed by atoms with van der Waals surface area (Å²) < 4.78 is 7.23. The van der Waals surface area contributed by atoms with Crippen molar-refractivity contribution >= 4 is 31.9 Å². The summed E-state index contributed by atoms with van der Waals surface area (Å²) in [6, 6.07) is 12.6. The molecule has 1 N–H and O–H groups in total. The third-order valence-electron chi connectivity index (χ3n) is 3.18. The highest BCUT2D eigenvalue weighted by Crippen LogP contribution is 2.26. The molecule has 3 nitrogen and oxygen atoms in total. The Balaban J connectivity index is 1.59. The number of furan rings is 1. The van der Waals surface area contributed by atoms with E-state index < -0.39 is 0 Å². The highest BCUT2D eigenvalue weighted by Gasteiger charge is 2.05. The monoisotopic (exact) mass is 414 g/mol. The second-order valence-corrected chi connectivity index (χ2v) is 6.66. The van der Waals surface area contributed by atoms with Crippen LogP contribution in [0.4, 0.5) is 0 Å². The minimum Gasteiger partial charge on any atom is -0.452 e. The lowest BCUT2D eigenvalue weighted by Crippen LogP contribution is -2.23. The van der Waals surface area contributed by atoms with Crippen LogP contribution in [0.25, 0.3) is 0 Å². The Morgan fingerprint density at radius 1 is 1.19 bits per heavy atom. The van der Waals surface area contributed by atoms with E-state index >= 15 is 0 Å². The summed E-state index contributed by atoms with van der Waals surface area (Å²) in [6.45, 7) is 3.81. The molecule has 0 saturated heterocycles. The first-order valence-electron chi connectivity index (χ1n) is 7.02. The van der Waals surface area contributed by atoms with Crippen LogP contribution in [-0.2, 0) is 13.1 Å². The van der Waals surface area contributed by atoms with E-state index in [2.05, 4.69) is 79.5 Å². The van der Waals surface area contributed by atoms with Crippen LogP contribution >= 0.6 is 31.9 Å². The predicted molar refractivity (Wildman–Crippen MR) is 93.2 cm³/mol. The van der Waals surface area contributed by atoms with Crippen molar-refractivity contribution in [3.05, 3.63) is 56.9 Å². The van der Waals surface area contributed by atoms with E-state index in [1.54, 1.807) is 0 Å². The molecular weight excluding hydrogens is 396 g/mol. The molecular formula is C16H20Br2N2O. The van der Waals surface area contributed by atoms with E-state index in [1.165, 1.54) is 5.56 Å². The zero-order valence-corrected chi connectivity index (χ0v) is 15.3. The molecule has 2 aromatic rings. The second kappa shape index (κ2) is 8.73. The smallest absolute Gasteiger partial charge is 0.183 e. The molecule has 1 heterocycles. The average Bonchev–Trinajstić information content (AvgIpc) is 2.78. The summed E-state index contributed by atoms with van der Waals surface area (Å²) in [7, 11) is 2.16. The molecule has 0 atom stereocenters. The molecule has 0 radical (unpaired) electrons. The number of benzene rings is 1. The highest BCUT2D eigenvalue weighted by molar-refractivity contribution is 9.13. The zero-order chi connectivity index (χ0) is 15.1. The van der Waals surface area contributed by atoms with E-state index in [9.17, 15) is 0 Å². The Bertz CT molecular complexity index is 523.